The lowest BCUT2D eigenvalue weighted by Gasteiger charge is -2.13. The van der Waals surface area contributed by atoms with E-state index in [9.17, 15) is 19.2 Å². The van der Waals surface area contributed by atoms with Gasteiger partial charge in [-0.2, -0.15) is 0 Å². The number of carbonyl (C=O) groups excluding carboxylic acids is 4. The van der Waals surface area contributed by atoms with Crippen LogP contribution in [0.4, 0.5) is 10.5 Å². The van der Waals surface area contributed by atoms with Crippen LogP contribution in [0.1, 0.15) is 12.8 Å². The van der Waals surface area contributed by atoms with E-state index in [1.165, 1.54) is 14.2 Å². The molecule has 0 bridgehead atoms. The molecule has 1 aliphatic heterocycles. The molecular weight excluding hydrogens is 330 g/mol. The number of nitrogens with zero attached hydrogens (tertiary/aromatic N) is 1. The van der Waals surface area contributed by atoms with Gasteiger partial charge in [-0.15, -0.1) is 0 Å². The van der Waals surface area contributed by atoms with Crippen LogP contribution >= 0.6 is 0 Å². The van der Waals surface area contributed by atoms with Crippen LogP contribution < -0.4 is 20.3 Å². The van der Waals surface area contributed by atoms with Gasteiger partial charge in [-0.3, -0.25) is 14.4 Å². The van der Waals surface area contributed by atoms with Gasteiger partial charge in [-0.05, 0) is 24.3 Å². The fourth-order valence-corrected chi connectivity index (χ4v) is 2.31. The van der Waals surface area contributed by atoms with Gasteiger partial charge in [0.25, 0.3) is 5.91 Å². The number of rotatable bonds is 7. The number of methoxy groups -OCH3 is 2. The number of esters is 1. The Morgan fingerprint density at radius 2 is 1.88 bits per heavy atom. The monoisotopic (exact) mass is 349 g/mol. The molecule has 1 heterocycles. The summed E-state index contributed by atoms with van der Waals surface area (Å²) in [7, 11) is 2.77. The van der Waals surface area contributed by atoms with Crippen molar-refractivity contribution < 1.29 is 28.7 Å². The maximum atomic E-state index is 12.4. The van der Waals surface area contributed by atoms with E-state index in [0.29, 0.717) is 11.4 Å². The standard InChI is InChI=1S/C16H19N3O6/c1-24-11-5-3-10(4-6-11)19-15(22)12(18-16(19)23)9-13(20)17-8-7-14(21)25-2/h3-6,12H,7-9H2,1-2H3,(H,17,20)(H,18,23)/t12-/m1/s1. The van der Waals surface area contributed by atoms with Gasteiger partial charge in [0.2, 0.25) is 5.91 Å². The number of hydrogen-bond acceptors (Lipinski definition) is 6. The van der Waals surface area contributed by atoms with Crippen molar-refractivity contribution in [3.63, 3.8) is 0 Å². The number of imide groups is 1. The molecule has 1 aliphatic rings. The van der Waals surface area contributed by atoms with E-state index in [-0.39, 0.29) is 19.4 Å². The van der Waals surface area contributed by atoms with Crippen molar-refractivity contribution in [3.05, 3.63) is 24.3 Å². The zero-order valence-electron chi connectivity index (χ0n) is 13.9. The molecule has 1 fully saturated rings. The van der Waals surface area contributed by atoms with E-state index in [2.05, 4.69) is 15.4 Å². The summed E-state index contributed by atoms with van der Waals surface area (Å²) in [5, 5.41) is 4.98. The highest BCUT2D eigenvalue weighted by molar-refractivity contribution is 6.22. The Labute approximate surface area is 144 Å². The molecule has 1 atom stereocenters. The molecule has 1 saturated heterocycles. The van der Waals surface area contributed by atoms with Gasteiger partial charge in [0.05, 0.1) is 32.7 Å². The molecule has 4 amide bonds. The van der Waals surface area contributed by atoms with E-state index in [0.717, 1.165) is 4.90 Å². The third-order valence-electron chi connectivity index (χ3n) is 3.62. The minimum Gasteiger partial charge on any atom is -0.497 e. The third kappa shape index (κ3) is 4.46. The van der Waals surface area contributed by atoms with Gasteiger partial charge in [-0.1, -0.05) is 0 Å². The van der Waals surface area contributed by atoms with E-state index in [1.54, 1.807) is 24.3 Å². The quantitative estimate of drug-likeness (QED) is 0.536. The molecule has 1 aromatic rings. The molecule has 134 valence electrons. The highest BCUT2D eigenvalue weighted by Gasteiger charge is 2.39. The first-order valence-corrected chi connectivity index (χ1v) is 7.58. The van der Waals surface area contributed by atoms with Gasteiger partial charge in [0.15, 0.2) is 0 Å². The fraction of sp³-hybridized carbons (Fsp3) is 0.375. The van der Waals surface area contributed by atoms with Gasteiger partial charge in [0, 0.05) is 6.54 Å². The van der Waals surface area contributed by atoms with E-state index in [1.807, 2.05) is 0 Å². The number of nitrogens with one attached hydrogen (secondary N) is 2. The molecule has 2 rings (SSSR count). The number of ether oxygens (including phenoxy) is 2. The highest BCUT2D eigenvalue weighted by atomic mass is 16.5. The third-order valence-corrected chi connectivity index (χ3v) is 3.62. The molecule has 9 heteroatoms. The molecule has 1 aromatic carbocycles. The van der Waals surface area contributed by atoms with Crippen molar-refractivity contribution in [2.45, 2.75) is 18.9 Å². The van der Waals surface area contributed by atoms with Gasteiger partial charge in [0.1, 0.15) is 11.8 Å². The predicted molar refractivity (Wildman–Crippen MR) is 87.1 cm³/mol. The molecule has 25 heavy (non-hydrogen) atoms. The summed E-state index contributed by atoms with van der Waals surface area (Å²) >= 11 is 0. The van der Waals surface area contributed by atoms with Crippen LogP contribution in [0.15, 0.2) is 24.3 Å². The number of urea groups is 1. The lowest BCUT2D eigenvalue weighted by Crippen LogP contribution is -2.37. The Balaban J connectivity index is 1.93. The van der Waals surface area contributed by atoms with Crippen LogP contribution in [0.5, 0.6) is 5.75 Å². The number of amides is 4. The number of hydrogen-bond donors (Lipinski definition) is 2. The zero-order chi connectivity index (χ0) is 18.4. The normalized spacial score (nSPS) is 16.4. The van der Waals surface area contributed by atoms with Crippen LogP contribution in [-0.2, 0) is 19.1 Å². The van der Waals surface area contributed by atoms with E-state index < -0.39 is 29.9 Å². The smallest absolute Gasteiger partial charge is 0.329 e. The summed E-state index contributed by atoms with van der Waals surface area (Å²) in [6.45, 7) is 0.0998. The van der Waals surface area contributed by atoms with Crippen molar-refractivity contribution in [2.75, 3.05) is 25.7 Å². The second kappa shape index (κ2) is 8.13. The number of benzene rings is 1. The Kier molecular flexibility index (Phi) is 5.93. The average Bonchev–Trinajstić information content (AvgIpc) is 2.88. The Hall–Kier alpha value is -3.10. The van der Waals surface area contributed by atoms with Crippen molar-refractivity contribution >= 4 is 29.5 Å². The molecule has 0 saturated carbocycles. The van der Waals surface area contributed by atoms with Crippen molar-refractivity contribution in [1.29, 1.82) is 0 Å². The second-order valence-corrected chi connectivity index (χ2v) is 5.25. The molecule has 0 radical (unpaired) electrons. The Bertz CT molecular complexity index is 673. The predicted octanol–water partition coefficient (Wildman–Crippen LogP) is 0.189. The van der Waals surface area contributed by atoms with Gasteiger partial charge in [-0.25, -0.2) is 9.69 Å². The maximum Gasteiger partial charge on any atom is 0.329 e. The Morgan fingerprint density at radius 1 is 1.20 bits per heavy atom. The molecular formula is C16H19N3O6. The summed E-state index contributed by atoms with van der Waals surface area (Å²) < 4.78 is 9.49. The summed E-state index contributed by atoms with van der Waals surface area (Å²) in [6.07, 6.45) is -0.177. The van der Waals surface area contributed by atoms with Gasteiger partial charge >= 0.3 is 12.0 Å². The number of anilines is 1. The van der Waals surface area contributed by atoms with Crippen LogP contribution in [0, 0.1) is 0 Å². The van der Waals surface area contributed by atoms with Crippen LogP contribution in [-0.4, -0.2) is 50.6 Å². The molecule has 9 nitrogen and oxygen atoms in total. The minimum absolute atomic E-state index is 0.0329. The van der Waals surface area contributed by atoms with E-state index in [4.69, 9.17) is 4.74 Å². The summed E-state index contributed by atoms with van der Waals surface area (Å²) in [4.78, 5) is 48.2. The average molecular weight is 349 g/mol. The van der Waals surface area contributed by atoms with Crippen LogP contribution in [0.25, 0.3) is 0 Å². The topological polar surface area (TPSA) is 114 Å². The van der Waals surface area contributed by atoms with E-state index >= 15 is 0 Å². The first kappa shape index (κ1) is 18.2. The first-order chi connectivity index (χ1) is 12.0. The van der Waals surface area contributed by atoms with Crippen molar-refractivity contribution in [3.8, 4) is 5.75 Å². The van der Waals surface area contributed by atoms with Gasteiger partial charge < -0.3 is 20.1 Å². The second-order valence-electron chi connectivity index (χ2n) is 5.25. The summed E-state index contributed by atoms with van der Waals surface area (Å²) in [5.41, 5.74) is 0.386. The minimum atomic E-state index is -0.951. The highest BCUT2D eigenvalue weighted by Crippen LogP contribution is 2.23. The lowest BCUT2D eigenvalue weighted by molar-refractivity contribution is -0.140. The largest absolute Gasteiger partial charge is 0.497 e. The molecule has 0 spiro atoms. The summed E-state index contributed by atoms with van der Waals surface area (Å²) in [6, 6.07) is 4.87. The van der Waals surface area contributed by atoms with Crippen LogP contribution in [0.3, 0.4) is 0 Å². The van der Waals surface area contributed by atoms with Crippen LogP contribution in [0.2, 0.25) is 0 Å². The number of carbonyl (C=O) groups is 4. The first-order valence-electron chi connectivity index (χ1n) is 7.58. The Morgan fingerprint density at radius 3 is 2.48 bits per heavy atom. The molecule has 0 unspecified atom stereocenters. The molecule has 0 aliphatic carbocycles. The molecule has 2 N–H and O–H groups in total. The zero-order valence-corrected chi connectivity index (χ0v) is 13.9. The maximum absolute atomic E-state index is 12.4. The molecule has 0 aromatic heterocycles. The SMILES string of the molecule is COC(=O)CCNC(=O)C[C@H]1NC(=O)N(c2ccc(OC)cc2)C1=O. The van der Waals surface area contributed by atoms with Crippen molar-refractivity contribution in [1.82, 2.24) is 10.6 Å². The summed E-state index contributed by atoms with van der Waals surface area (Å²) in [5.74, 6) is -0.814. The lowest BCUT2D eigenvalue weighted by atomic mass is 10.2. The fourth-order valence-electron chi connectivity index (χ4n) is 2.31. The van der Waals surface area contributed by atoms with Crippen molar-refractivity contribution in [2.24, 2.45) is 0 Å².